The van der Waals surface area contributed by atoms with Crippen molar-refractivity contribution in [2.24, 2.45) is 11.8 Å². The molecule has 1 aliphatic rings. The van der Waals surface area contributed by atoms with Crippen LogP contribution in [0.15, 0.2) is 24.3 Å². The van der Waals surface area contributed by atoms with Crippen molar-refractivity contribution in [3.8, 4) is 0 Å². The Balaban J connectivity index is 2.58. The van der Waals surface area contributed by atoms with E-state index in [1.54, 1.807) is 0 Å². The maximum atomic E-state index is 12.5. The molecule has 0 saturated heterocycles. The van der Waals surface area contributed by atoms with E-state index in [0.29, 0.717) is 5.92 Å². The molecule has 0 unspecified atom stereocenters. The minimum Gasteiger partial charge on any atom is -0.389 e. The zero-order valence-corrected chi connectivity index (χ0v) is 15.0. The third-order valence-electron chi connectivity index (χ3n) is 5.13. The van der Waals surface area contributed by atoms with Crippen LogP contribution in [0.5, 0.6) is 0 Å². The molecular weight excluding hydrogens is 304 g/mol. The third kappa shape index (κ3) is 3.34. The van der Waals surface area contributed by atoms with Crippen LogP contribution < -0.4 is 0 Å². The molecule has 0 spiro atoms. The maximum Gasteiger partial charge on any atom is 0.146 e. The SMILES string of the molecule is CC(=O)[C@@H]1C(=O)C[C@](C)(O)[C@@H](C(C)=O)[C@H]1c1ccc(C(C)C)cc1. The van der Waals surface area contributed by atoms with E-state index in [4.69, 9.17) is 0 Å². The molecule has 4 nitrogen and oxygen atoms in total. The molecule has 1 N–H and O–H groups in total. The van der Waals surface area contributed by atoms with Crippen molar-refractivity contribution in [3.05, 3.63) is 35.4 Å². The number of rotatable bonds is 4. The number of ketones is 3. The number of benzene rings is 1. The van der Waals surface area contributed by atoms with Gasteiger partial charge in [-0.05, 0) is 37.8 Å². The summed E-state index contributed by atoms with van der Waals surface area (Å²) in [5.41, 5.74) is 0.468. The van der Waals surface area contributed by atoms with E-state index >= 15 is 0 Å². The summed E-state index contributed by atoms with van der Waals surface area (Å²) < 4.78 is 0. The lowest BCUT2D eigenvalue weighted by atomic mass is 9.60. The summed E-state index contributed by atoms with van der Waals surface area (Å²) in [5, 5.41) is 10.7. The highest BCUT2D eigenvalue weighted by atomic mass is 16.3. The summed E-state index contributed by atoms with van der Waals surface area (Å²) in [4.78, 5) is 36.9. The molecule has 1 saturated carbocycles. The minimum absolute atomic E-state index is 0.165. The molecule has 1 aliphatic carbocycles. The van der Waals surface area contributed by atoms with Gasteiger partial charge in [0.15, 0.2) is 0 Å². The van der Waals surface area contributed by atoms with Gasteiger partial charge in [0.2, 0.25) is 0 Å². The molecule has 0 radical (unpaired) electrons. The first kappa shape index (κ1) is 18.5. The number of Topliss-reactive ketones (excluding diaryl/α,β-unsaturated/α-hetero) is 3. The van der Waals surface area contributed by atoms with E-state index in [-0.39, 0.29) is 23.8 Å². The Hall–Kier alpha value is -1.81. The molecule has 24 heavy (non-hydrogen) atoms. The van der Waals surface area contributed by atoms with E-state index in [1.165, 1.54) is 20.8 Å². The van der Waals surface area contributed by atoms with E-state index < -0.39 is 23.4 Å². The van der Waals surface area contributed by atoms with Crippen LogP contribution in [0.2, 0.25) is 0 Å². The standard InChI is InChI=1S/C20H26O4/c1-11(2)14-6-8-15(9-7-14)18-17(12(3)21)16(23)10-20(5,24)19(18)13(4)22/h6-9,11,17-19,24H,10H2,1-5H3/t17-,18+,19+,20+/m1/s1. The smallest absolute Gasteiger partial charge is 0.146 e. The molecule has 1 fully saturated rings. The molecule has 0 aliphatic heterocycles. The van der Waals surface area contributed by atoms with Crippen LogP contribution in [0.1, 0.15) is 64.0 Å². The zero-order valence-electron chi connectivity index (χ0n) is 15.0. The molecule has 0 heterocycles. The van der Waals surface area contributed by atoms with Crippen molar-refractivity contribution < 1.29 is 19.5 Å². The van der Waals surface area contributed by atoms with Gasteiger partial charge < -0.3 is 5.11 Å². The van der Waals surface area contributed by atoms with Crippen molar-refractivity contribution >= 4 is 17.3 Å². The Morgan fingerprint density at radius 2 is 1.67 bits per heavy atom. The van der Waals surface area contributed by atoms with Gasteiger partial charge in [0.1, 0.15) is 17.3 Å². The van der Waals surface area contributed by atoms with Crippen molar-refractivity contribution in [2.45, 2.75) is 58.5 Å². The van der Waals surface area contributed by atoms with Gasteiger partial charge in [0, 0.05) is 12.3 Å². The highest BCUT2D eigenvalue weighted by Gasteiger charge is 2.53. The molecule has 4 heteroatoms. The monoisotopic (exact) mass is 330 g/mol. The molecular formula is C20H26O4. The van der Waals surface area contributed by atoms with Crippen LogP contribution in [-0.4, -0.2) is 28.1 Å². The third-order valence-corrected chi connectivity index (χ3v) is 5.13. The van der Waals surface area contributed by atoms with Gasteiger partial charge in [-0.1, -0.05) is 38.1 Å². The first-order chi connectivity index (χ1) is 11.1. The topological polar surface area (TPSA) is 71.4 Å². The molecule has 4 atom stereocenters. The molecule has 0 amide bonds. The normalized spacial score (nSPS) is 30.5. The number of hydrogen-bond donors (Lipinski definition) is 1. The van der Waals surface area contributed by atoms with E-state index in [1.807, 2.05) is 24.3 Å². The maximum absolute atomic E-state index is 12.5. The average molecular weight is 330 g/mol. The number of hydrogen-bond acceptors (Lipinski definition) is 4. The lowest BCUT2D eigenvalue weighted by Crippen LogP contribution is -2.53. The molecule has 2 rings (SSSR count). The molecule has 0 bridgehead atoms. The summed E-state index contributed by atoms with van der Waals surface area (Å²) in [5.74, 6) is -2.63. The second-order valence-corrected chi connectivity index (χ2v) is 7.52. The summed E-state index contributed by atoms with van der Waals surface area (Å²) in [6.45, 7) is 8.49. The van der Waals surface area contributed by atoms with Crippen molar-refractivity contribution in [3.63, 3.8) is 0 Å². The van der Waals surface area contributed by atoms with E-state index in [0.717, 1.165) is 11.1 Å². The average Bonchev–Trinajstić information content (AvgIpc) is 2.44. The fourth-order valence-electron chi connectivity index (χ4n) is 4.01. The predicted molar refractivity (Wildman–Crippen MR) is 91.9 cm³/mol. The highest BCUT2D eigenvalue weighted by molar-refractivity contribution is 6.05. The van der Waals surface area contributed by atoms with Crippen LogP contribution >= 0.6 is 0 Å². The van der Waals surface area contributed by atoms with E-state index in [2.05, 4.69) is 13.8 Å². The number of carbonyl (C=O) groups excluding carboxylic acids is 3. The van der Waals surface area contributed by atoms with Crippen LogP contribution in [-0.2, 0) is 14.4 Å². The van der Waals surface area contributed by atoms with E-state index in [9.17, 15) is 19.5 Å². The van der Waals surface area contributed by atoms with Crippen LogP contribution in [0.3, 0.4) is 0 Å². The second-order valence-electron chi connectivity index (χ2n) is 7.52. The quantitative estimate of drug-likeness (QED) is 0.861. The second kappa shape index (κ2) is 6.60. The van der Waals surface area contributed by atoms with Crippen molar-refractivity contribution in [1.82, 2.24) is 0 Å². The molecule has 0 aromatic heterocycles. The van der Waals surface area contributed by atoms with Crippen LogP contribution in [0.4, 0.5) is 0 Å². The Morgan fingerprint density at radius 3 is 2.08 bits per heavy atom. The first-order valence-electron chi connectivity index (χ1n) is 8.42. The first-order valence-corrected chi connectivity index (χ1v) is 8.42. The lowest BCUT2D eigenvalue weighted by Gasteiger charge is -2.44. The summed E-state index contributed by atoms with van der Waals surface area (Å²) in [6.07, 6.45) is -0.165. The van der Waals surface area contributed by atoms with Crippen molar-refractivity contribution in [1.29, 1.82) is 0 Å². The molecule has 1 aromatic carbocycles. The fraction of sp³-hybridized carbons (Fsp3) is 0.550. The van der Waals surface area contributed by atoms with Gasteiger partial charge in [-0.25, -0.2) is 0 Å². The van der Waals surface area contributed by atoms with Crippen LogP contribution in [0, 0.1) is 11.8 Å². The molecule has 130 valence electrons. The Labute approximate surface area is 143 Å². The summed E-state index contributed by atoms with van der Waals surface area (Å²) in [6, 6.07) is 7.67. The number of carbonyl (C=O) groups is 3. The summed E-state index contributed by atoms with van der Waals surface area (Å²) in [7, 11) is 0. The van der Waals surface area contributed by atoms with Gasteiger partial charge in [-0.15, -0.1) is 0 Å². The predicted octanol–water partition coefficient (Wildman–Crippen LogP) is 3.03. The van der Waals surface area contributed by atoms with Crippen molar-refractivity contribution in [2.75, 3.05) is 0 Å². The largest absolute Gasteiger partial charge is 0.389 e. The Bertz CT molecular complexity index is 655. The Morgan fingerprint density at radius 1 is 1.12 bits per heavy atom. The molecule has 1 aromatic rings. The number of aliphatic hydroxyl groups is 1. The lowest BCUT2D eigenvalue weighted by molar-refractivity contribution is -0.151. The fourth-order valence-corrected chi connectivity index (χ4v) is 4.01. The van der Waals surface area contributed by atoms with Crippen LogP contribution in [0.25, 0.3) is 0 Å². The van der Waals surface area contributed by atoms with Gasteiger partial charge in [-0.3, -0.25) is 14.4 Å². The van der Waals surface area contributed by atoms with Gasteiger partial charge in [-0.2, -0.15) is 0 Å². The Kier molecular flexibility index (Phi) is 5.09. The zero-order chi connectivity index (χ0) is 18.2. The summed E-state index contributed by atoms with van der Waals surface area (Å²) >= 11 is 0. The minimum atomic E-state index is -1.43. The van der Waals surface area contributed by atoms with Gasteiger partial charge >= 0.3 is 0 Å². The van der Waals surface area contributed by atoms with Gasteiger partial charge in [0.25, 0.3) is 0 Å². The van der Waals surface area contributed by atoms with Gasteiger partial charge in [0.05, 0.1) is 17.4 Å². The highest BCUT2D eigenvalue weighted by Crippen LogP contribution is 2.46.